The monoisotopic (exact) mass is 423 g/mol. The van der Waals surface area contributed by atoms with Gasteiger partial charge in [-0.3, -0.25) is 0 Å². The fourth-order valence-corrected chi connectivity index (χ4v) is 4.05. The predicted molar refractivity (Wildman–Crippen MR) is 117 cm³/mol. The van der Waals surface area contributed by atoms with Crippen LogP contribution < -0.4 is 0 Å². The topological polar surface area (TPSA) is 88.7 Å². The van der Waals surface area contributed by atoms with E-state index < -0.39 is 11.7 Å². The number of ether oxygens (including phenoxy) is 1. The number of carbonyl (C=O) groups excluding carboxylic acids is 1. The summed E-state index contributed by atoms with van der Waals surface area (Å²) in [4.78, 5) is 14.1. The lowest BCUT2D eigenvalue weighted by Gasteiger charge is -2.35. The lowest BCUT2D eigenvalue weighted by Crippen LogP contribution is -2.44. The maximum atomic E-state index is 12.4. The molecule has 31 heavy (non-hydrogen) atoms. The van der Waals surface area contributed by atoms with Crippen molar-refractivity contribution in [3.05, 3.63) is 47.9 Å². The van der Waals surface area contributed by atoms with Gasteiger partial charge in [0, 0.05) is 30.0 Å². The zero-order chi connectivity index (χ0) is 22.2. The number of aryl methyl sites for hydroxylation is 1. The first-order chi connectivity index (χ1) is 14.7. The molecule has 164 valence electrons. The number of aliphatic hydroxyl groups excluding tert-OH is 1. The lowest BCUT2D eigenvalue weighted by molar-refractivity contribution is 0.00159. The summed E-state index contributed by atoms with van der Waals surface area (Å²) in [5, 5.41) is 20.7. The molecule has 0 radical (unpaired) electrons. The van der Waals surface area contributed by atoms with Crippen LogP contribution in [0.2, 0.25) is 0 Å². The minimum atomic E-state index is -0.790. The first-order valence-corrected chi connectivity index (χ1v) is 10.7. The van der Waals surface area contributed by atoms with Crippen molar-refractivity contribution in [1.82, 2.24) is 15.1 Å². The van der Waals surface area contributed by atoms with Gasteiger partial charge in [-0.05, 0) is 76.4 Å². The van der Waals surface area contributed by atoms with Crippen molar-refractivity contribution in [2.45, 2.75) is 52.2 Å². The number of rotatable bonds is 3. The molecule has 1 aliphatic rings. The quantitative estimate of drug-likeness (QED) is 0.646. The number of benzene rings is 1. The molecule has 4 rings (SSSR count). The lowest BCUT2D eigenvalue weighted by atomic mass is 9.90. The first kappa shape index (κ1) is 21.3. The average molecular weight is 424 g/mol. The van der Waals surface area contributed by atoms with Gasteiger partial charge in [0.25, 0.3) is 0 Å². The normalized spacial score (nSPS) is 18.2. The number of fused-ring (bicyclic) bond motifs is 1. The molecule has 2 atom stereocenters. The predicted octanol–water partition coefficient (Wildman–Crippen LogP) is 4.88. The van der Waals surface area contributed by atoms with Crippen molar-refractivity contribution in [3.63, 3.8) is 0 Å². The largest absolute Gasteiger partial charge is 0.464 e. The number of amides is 1. The highest BCUT2D eigenvalue weighted by Gasteiger charge is 2.32. The van der Waals surface area contributed by atoms with Crippen molar-refractivity contribution in [2.75, 3.05) is 13.1 Å². The number of nitrogens with zero attached hydrogens (tertiary/aromatic N) is 3. The molecule has 7 heteroatoms. The number of furan rings is 1. The van der Waals surface area contributed by atoms with Crippen LogP contribution in [-0.4, -0.2) is 45.0 Å². The number of likely N-dealkylation sites (tertiary alicyclic amines) is 1. The summed E-state index contributed by atoms with van der Waals surface area (Å²) in [7, 11) is 0. The molecule has 3 heterocycles. The smallest absolute Gasteiger partial charge is 0.410 e. The Morgan fingerprint density at radius 3 is 2.81 bits per heavy atom. The van der Waals surface area contributed by atoms with Crippen molar-refractivity contribution in [3.8, 4) is 11.3 Å². The van der Waals surface area contributed by atoms with E-state index in [2.05, 4.69) is 10.2 Å². The molecule has 0 saturated carbocycles. The van der Waals surface area contributed by atoms with Gasteiger partial charge in [0.15, 0.2) is 0 Å². The third kappa shape index (κ3) is 4.71. The zero-order valence-electron chi connectivity index (χ0n) is 18.5. The third-order valence-corrected chi connectivity index (χ3v) is 5.59. The summed E-state index contributed by atoms with van der Waals surface area (Å²) in [6.45, 7) is 8.60. The van der Waals surface area contributed by atoms with Gasteiger partial charge in [-0.1, -0.05) is 0 Å². The molecule has 0 aliphatic carbocycles. The van der Waals surface area contributed by atoms with Crippen LogP contribution in [0.5, 0.6) is 0 Å². The standard InChI is InChI=1S/C24H29N3O4/c1-15-12-19(25-26-21(15)17-7-8-20-16(13-17)9-11-30-20)22(28)18-6-5-10-27(14-18)23(29)31-24(2,3)4/h7-9,11-13,18,22,28H,5-6,10,14H2,1-4H3. The van der Waals surface area contributed by atoms with Crippen LogP contribution in [0.15, 0.2) is 41.0 Å². The molecule has 0 bridgehead atoms. The minimum Gasteiger partial charge on any atom is -0.464 e. The van der Waals surface area contributed by atoms with E-state index in [9.17, 15) is 9.90 Å². The van der Waals surface area contributed by atoms with E-state index in [0.717, 1.165) is 40.6 Å². The fraction of sp³-hybridized carbons (Fsp3) is 0.458. The number of hydrogen-bond donors (Lipinski definition) is 1. The summed E-state index contributed by atoms with van der Waals surface area (Å²) >= 11 is 0. The Hall–Kier alpha value is -2.93. The molecule has 1 N–H and O–H groups in total. The van der Waals surface area contributed by atoms with E-state index >= 15 is 0 Å². The second-order valence-corrected chi connectivity index (χ2v) is 9.25. The zero-order valence-corrected chi connectivity index (χ0v) is 18.5. The minimum absolute atomic E-state index is 0.108. The average Bonchev–Trinajstić information content (AvgIpc) is 3.20. The van der Waals surface area contributed by atoms with E-state index in [4.69, 9.17) is 9.15 Å². The maximum absolute atomic E-state index is 12.4. The van der Waals surface area contributed by atoms with Crippen LogP contribution >= 0.6 is 0 Å². The van der Waals surface area contributed by atoms with Gasteiger partial charge in [0.05, 0.1) is 17.7 Å². The number of aliphatic hydroxyl groups is 1. The van der Waals surface area contributed by atoms with E-state index in [1.54, 1.807) is 11.2 Å². The van der Waals surface area contributed by atoms with E-state index in [1.165, 1.54) is 0 Å². The molecular formula is C24H29N3O4. The van der Waals surface area contributed by atoms with Gasteiger partial charge < -0.3 is 19.2 Å². The Morgan fingerprint density at radius 2 is 2.06 bits per heavy atom. The maximum Gasteiger partial charge on any atom is 0.410 e. The first-order valence-electron chi connectivity index (χ1n) is 10.7. The van der Waals surface area contributed by atoms with Crippen molar-refractivity contribution in [1.29, 1.82) is 0 Å². The van der Waals surface area contributed by atoms with Crippen molar-refractivity contribution < 1.29 is 19.1 Å². The summed E-state index contributed by atoms with van der Waals surface area (Å²) in [5.41, 5.74) is 3.48. The Labute approximate surface area is 182 Å². The molecule has 1 amide bonds. The Bertz CT molecular complexity index is 1090. The van der Waals surface area contributed by atoms with E-state index in [-0.39, 0.29) is 12.0 Å². The van der Waals surface area contributed by atoms with Crippen molar-refractivity contribution >= 4 is 17.1 Å². The molecule has 1 fully saturated rings. The van der Waals surface area contributed by atoms with E-state index in [0.29, 0.717) is 18.8 Å². The second kappa shape index (κ2) is 8.30. The molecule has 1 aromatic carbocycles. The number of hydrogen-bond acceptors (Lipinski definition) is 6. The van der Waals surface area contributed by atoms with E-state index in [1.807, 2.05) is 58.0 Å². The molecule has 1 aliphatic heterocycles. The Morgan fingerprint density at radius 1 is 1.26 bits per heavy atom. The molecular weight excluding hydrogens is 394 g/mol. The van der Waals surface area contributed by atoms with Crippen molar-refractivity contribution in [2.24, 2.45) is 5.92 Å². The Kier molecular flexibility index (Phi) is 5.71. The highest BCUT2D eigenvalue weighted by Crippen LogP contribution is 2.32. The van der Waals surface area contributed by atoms with Gasteiger partial charge in [-0.15, -0.1) is 5.10 Å². The molecule has 0 spiro atoms. The number of piperidine rings is 1. The highest BCUT2D eigenvalue weighted by molar-refractivity contribution is 5.83. The summed E-state index contributed by atoms with van der Waals surface area (Å²) < 4.78 is 10.9. The SMILES string of the molecule is Cc1cc(C(O)C2CCCN(C(=O)OC(C)(C)C)C2)nnc1-c1ccc2occc2c1. The number of aromatic nitrogens is 2. The molecule has 7 nitrogen and oxygen atoms in total. The van der Waals surface area contributed by atoms with Crippen LogP contribution in [0, 0.1) is 12.8 Å². The molecule has 3 aromatic rings. The van der Waals surface area contributed by atoms with Crippen LogP contribution in [-0.2, 0) is 4.74 Å². The third-order valence-electron chi connectivity index (χ3n) is 5.59. The van der Waals surface area contributed by atoms with Gasteiger partial charge in [-0.2, -0.15) is 5.10 Å². The molecule has 2 unspecified atom stereocenters. The molecule has 2 aromatic heterocycles. The molecule has 1 saturated heterocycles. The summed E-state index contributed by atoms with van der Waals surface area (Å²) in [6, 6.07) is 9.70. The fourth-order valence-electron chi connectivity index (χ4n) is 4.05. The second-order valence-electron chi connectivity index (χ2n) is 9.25. The van der Waals surface area contributed by atoms with Crippen LogP contribution in [0.1, 0.15) is 51.0 Å². The summed E-state index contributed by atoms with van der Waals surface area (Å²) in [6.07, 6.45) is 2.17. The van der Waals surface area contributed by atoms with Crippen LogP contribution in [0.4, 0.5) is 4.79 Å². The van der Waals surface area contributed by atoms with Crippen LogP contribution in [0.3, 0.4) is 0 Å². The number of carbonyl (C=O) groups is 1. The van der Waals surface area contributed by atoms with Crippen LogP contribution in [0.25, 0.3) is 22.2 Å². The Balaban J connectivity index is 1.50. The summed E-state index contributed by atoms with van der Waals surface area (Å²) in [5.74, 6) is -0.108. The van der Waals surface area contributed by atoms with Gasteiger partial charge >= 0.3 is 6.09 Å². The van der Waals surface area contributed by atoms with Gasteiger partial charge in [0.2, 0.25) is 0 Å². The van der Waals surface area contributed by atoms with Gasteiger partial charge in [0.1, 0.15) is 17.3 Å². The van der Waals surface area contributed by atoms with Gasteiger partial charge in [-0.25, -0.2) is 4.79 Å². The highest BCUT2D eigenvalue weighted by atomic mass is 16.6.